The Bertz CT molecular complexity index is 130. The number of carbonyl (C=O) groups is 1. The lowest BCUT2D eigenvalue weighted by atomic mass is 10.2. The molecule has 0 aromatic heterocycles. The van der Waals surface area contributed by atoms with Crippen LogP contribution >= 0.6 is 11.8 Å². The van der Waals surface area contributed by atoms with E-state index in [1.54, 1.807) is 0 Å². The highest BCUT2D eigenvalue weighted by Gasteiger charge is 2.07. The molecule has 4 N–H and O–H groups in total. The Balaban J connectivity index is 3.14. The van der Waals surface area contributed by atoms with E-state index in [9.17, 15) is 4.79 Å². The summed E-state index contributed by atoms with van der Waals surface area (Å²) in [6.45, 7) is 2.16. The van der Waals surface area contributed by atoms with Crippen LogP contribution in [0.5, 0.6) is 0 Å². The van der Waals surface area contributed by atoms with Gasteiger partial charge in [-0.2, -0.15) is 11.8 Å². The zero-order valence-electron chi connectivity index (χ0n) is 7.58. The average molecular weight is 190 g/mol. The molecule has 0 aliphatic carbocycles. The predicted octanol–water partition coefficient (Wildman–Crippen LogP) is 0.722. The highest BCUT2D eigenvalue weighted by Crippen LogP contribution is 2.06. The van der Waals surface area contributed by atoms with E-state index in [1.165, 1.54) is 12.8 Å². The Morgan fingerprint density at radius 3 is 2.67 bits per heavy atom. The minimum atomic E-state index is -0.459. The van der Waals surface area contributed by atoms with Crippen LogP contribution < -0.4 is 11.5 Å². The number of carbonyl (C=O) groups excluding carboxylic acids is 1. The molecular weight excluding hydrogens is 172 g/mol. The molecule has 0 aliphatic heterocycles. The van der Waals surface area contributed by atoms with E-state index < -0.39 is 11.9 Å². The number of rotatable bonds is 7. The van der Waals surface area contributed by atoms with Crippen molar-refractivity contribution in [2.75, 3.05) is 11.5 Å². The van der Waals surface area contributed by atoms with Crippen LogP contribution in [0.3, 0.4) is 0 Å². The molecule has 0 aliphatic rings. The monoisotopic (exact) mass is 190 g/mol. The van der Waals surface area contributed by atoms with Crippen molar-refractivity contribution in [2.45, 2.75) is 32.2 Å². The number of hydrogen-bond acceptors (Lipinski definition) is 3. The lowest BCUT2D eigenvalue weighted by Crippen LogP contribution is -2.36. The minimum absolute atomic E-state index is 0.397. The van der Waals surface area contributed by atoms with E-state index in [4.69, 9.17) is 11.5 Å². The SMILES string of the molecule is CCCCSCCC(N)C(N)=O. The third-order valence-electron chi connectivity index (χ3n) is 1.58. The van der Waals surface area contributed by atoms with Crippen molar-refractivity contribution < 1.29 is 4.79 Å². The van der Waals surface area contributed by atoms with Gasteiger partial charge in [0.2, 0.25) is 5.91 Å². The zero-order valence-corrected chi connectivity index (χ0v) is 8.40. The largest absolute Gasteiger partial charge is 0.368 e. The topological polar surface area (TPSA) is 69.1 Å². The van der Waals surface area contributed by atoms with E-state index in [-0.39, 0.29) is 0 Å². The first-order chi connectivity index (χ1) is 5.68. The number of unbranched alkanes of at least 4 members (excludes halogenated alkanes) is 1. The quantitative estimate of drug-likeness (QED) is 0.581. The predicted molar refractivity (Wildman–Crippen MR) is 54.0 cm³/mol. The van der Waals surface area contributed by atoms with Gasteiger partial charge in [0.15, 0.2) is 0 Å². The number of primary amides is 1. The second kappa shape index (κ2) is 7.43. The van der Waals surface area contributed by atoms with Crippen LogP contribution in [0.1, 0.15) is 26.2 Å². The van der Waals surface area contributed by atoms with E-state index >= 15 is 0 Å². The minimum Gasteiger partial charge on any atom is -0.368 e. The Labute approximate surface area is 78.3 Å². The molecule has 0 heterocycles. The summed E-state index contributed by atoms with van der Waals surface area (Å²) in [5, 5.41) is 0. The summed E-state index contributed by atoms with van der Waals surface area (Å²) < 4.78 is 0. The van der Waals surface area contributed by atoms with Crippen LogP contribution in [0.2, 0.25) is 0 Å². The Hall–Kier alpha value is -0.220. The fraction of sp³-hybridized carbons (Fsp3) is 0.875. The van der Waals surface area contributed by atoms with Gasteiger partial charge in [0.25, 0.3) is 0 Å². The normalized spacial score (nSPS) is 12.8. The van der Waals surface area contributed by atoms with E-state index in [1.807, 2.05) is 11.8 Å². The van der Waals surface area contributed by atoms with Crippen LogP contribution in [-0.2, 0) is 4.79 Å². The van der Waals surface area contributed by atoms with E-state index in [0.717, 1.165) is 11.5 Å². The molecule has 0 aromatic carbocycles. The van der Waals surface area contributed by atoms with E-state index in [2.05, 4.69) is 6.92 Å². The van der Waals surface area contributed by atoms with Gasteiger partial charge in [0, 0.05) is 0 Å². The van der Waals surface area contributed by atoms with Gasteiger partial charge >= 0.3 is 0 Å². The van der Waals surface area contributed by atoms with Gasteiger partial charge in [0.05, 0.1) is 6.04 Å². The molecule has 0 fully saturated rings. The van der Waals surface area contributed by atoms with Crippen LogP contribution in [0, 0.1) is 0 Å². The molecule has 1 unspecified atom stereocenters. The molecular formula is C8H18N2OS. The van der Waals surface area contributed by atoms with Crippen molar-refractivity contribution in [1.29, 1.82) is 0 Å². The van der Waals surface area contributed by atoms with Gasteiger partial charge in [-0.15, -0.1) is 0 Å². The third-order valence-corrected chi connectivity index (χ3v) is 2.68. The van der Waals surface area contributed by atoms with Crippen molar-refractivity contribution in [3.8, 4) is 0 Å². The first-order valence-corrected chi connectivity index (χ1v) is 5.46. The maximum atomic E-state index is 10.5. The molecule has 0 saturated carbocycles. The zero-order chi connectivity index (χ0) is 9.40. The molecule has 0 saturated heterocycles. The van der Waals surface area contributed by atoms with Gasteiger partial charge in [-0.1, -0.05) is 13.3 Å². The van der Waals surface area contributed by atoms with Crippen LogP contribution in [0.25, 0.3) is 0 Å². The number of amides is 1. The summed E-state index contributed by atoms with van der Waals surface area (Å²) in [5.74, 6) is 1.69. The molecule has 3 nitrogen and oxygen atoms in total. The highest BCUT2D eigenvalue weighted by atomic mass is 32.2. The molecule has 0 bridgehead atoms. The first kappa shape index (κ1) is 11.8. The second-order valence-electron chi connectivity index (χ2n) is 2.76. The summed E-state index contributed by atoms with van der Waals surface area (Å²) in [4.78, 5) is 10.5. The third kappa shape index (κ3) is 6.49. The Kier molecular flexibility index (Phi) is 7.29. The summed E-state index contributed by atoms with van der Waals surface area (Å²) in [6, 6.07) is -0.459. The standard InChI is InChI=1S/C8H18N2OS/c1-2-3-5-12-6-4-7(9)8(10)11/h7H,2-6,9H2,1H3,(H2,10,11). The molecule has 72 valence electrons. The fourth-order valence-electron chi connectivity index (χ4n) is 0.701. The Morgan fingerprint density at radius 1 is 1.50 bits per heavy atom. The van der Waals surface area contributed by atoms with Crippen molar-refractivity contribution in [3.63, 3.8) is 0 Å². The number of thioether (sulfide) groups is 1. The van der Waals surface area contributed by atoms with Crippen molar-refractivity contribution in [1.82, 2.24) is 0 Å². The van der Waals surface area contributed by atoms with Crippen molar-refractivity contribution in [3.05, 3.63) is 0 Å². The maximum Gasteiger partial charge on any atom is 0.234 e. The number of nitrogens with two attached hydrogens (primary N) is 2. The summed E-state index contributed by atoms with van der Waals surface area (Å²) >= 11 is 1.84. The lowest BCUT2D eigenvalue weighted by molar-refractivity contribution is -0.119. The summed E-state index contributed by atoms with van der Waals surface area (Å²) in [5.41, 5.74) is 10.4. The van der Waals surface area contributed by atoms with Crippen LogP contribution in [-0.4, -0.2) is 23.5 Å². The van der Waals surface area contributed by atoms with Gasteiger partial charge < -0.3 is 11.5 Å². The molecule has 1 amide bonds. The van der Waals surface area contributed by atoms with E-state index in [0.29, 0.717) is 6.42 Å². The second-order valence-corrected chi connectivity index (χ2v) is 3.99. The average Bonchev–Trinajstić information content (AvgIpc) is 2.03. The first-order valence-electron chi connectivity index (χ1n) is 4.31. The fourth-order valence-corrected chi connectivity index (χ4v) is 1.82. The molecule has 12 heavy (non-hydrogen) atoms. The van der Waals surface area contributed by atoms with Crippen LogP contribution in [0.15, 0.2) is 0 Å². The van der Waals surface area contributed by atoms with Gasteiger partial charge in [-0.05, 0) is 24.3 Å². The molecule has 1 atom stereocenters. The van der Waals surface area contributed by atoms with Gasteiger partial charge in [0.1, 0.15) is 0 Å². The summed E-state index contributed by atoms with van der Waals surface area (Å²) in [7, 11) is 0. The molecule has 0 radical (unpaired) electrons. The van der Waals surface area contributed by atoms with Crippen LogP contribution in [0.4, 0.5) is 0 Å². The van der Waals surface area contributed by atoms with Crippen molar-refractivity contribution in [2.24, 2.45) is 11.5 Å². The smallest absolute Gasteiger partial charge is 0.234 e. The number of hydrogen-bond donors (Lipinski definition) is 2. The molecule has 0 spiro atoms. The highest BCUT2D eigenvalue weighted by molar-refractivity contribution is 7.99. The molecule has 0 aromatic rings. The summed E-state index contributed by atoms with van der Waals surface area (Å²) in [6.07, 6.45) is 3.15. The van der Waals surface area contributed by atoms with Crippen molar-refractivity contribution >= 4 is 17.7 Å². The Morgan fingerprint density at radius 2 is 2.17 bits per heavy atom. The van der Waals surface area contributed by atoms with Gasteiger partial charge in [-0.3, -0.25) is 4.79 Å². The molecule has 0 rings (SSSR count). The molecule has 4 heteroatoms. The van der Waals surface area contributed by atoms with Gasteiger partial charge in [-0.25, -0.2) is 0 Å². The lowest BCUT2D eigenvalue weighted by Gasteiger charge is -2.05. The maximum absolute atomic E-state index is 10.5.